The minimum Gasteiger partial charge on any atom is -0.174 e. The van der Waals surface area contributed by atoms with Crippen LogP contribution in [0.4, 0.5) is 8.78 Å². The lowest BCUT2D eigenvalue weighted by Gasteiger charge is -1.98. The summed E-state index contributed by atoms with van der Waals surface area (Å²) >= 11 is 1.95. The molecule has 0 aromatic carbocycles. The molecule has 0 rings (SSSR count). The van der Waals surface area contributed by atoms with E-state index in [2.05, 4.69) is 6.92 Å². The molecule has 0 unspecified atom stereocenters. The summed E-state index contributed by atoms with van der Waals surface area (Å²) in [5.74, 6) is 2.40. The van der Waals surface area contributed by atoms with Gasteiger partial charge in [0.2, 0.25) is 0 Å². The molecule has 0 atom stereocenters. The van der Waals surface area contributed by atoms with Crippen LogP contribution in [0.1, 0.15) is 39.0 Å². The second kappa shape index (κ2) is 10.0. The number of halogens is 2. The van der Waals surface area contributed by atoms with Gasteiger partial charge in [-0.2, -0.15) is 20.5 Å². The molecule has 0 aromatic rings. The maximum Gasteiger partial charge on any atom is 0.266 e. The SMILES string of the molecule is CCCSCCCCCC=C(F)F. The molecule has 0 nitrogen and oxygen atoms in total. The zero-order valence-corrected chi connectivity index (χ0v) is 9.01. The number of thioether (sulfide) groups is 1. The zero-order valence-electron chi connectivity index (χ0n) is 8.19. The summed E-state index contributed by atoms with van der Waals surface area (Å²) in [7, 11) is 0. The Bertz CT molecular complexity index is 131. The topological polar surface area (TPSA) is 0 Å². The van der Waals surface area contributed by atoms with Crippen molar-refractivity contribution in [3.63, 3.8) is 0 Å². The van der Waals surface area contributed by atoms with Crippen LogP contribution in [0.25, 0.3) is 0 Å². The summed E-state index contributed by atoms with van der Waals surface area (Å²) in [6.07, 6.45) is 4.34. The highest BCUT2D eigenvalue weighted by molar-refractivity contribution is 7.99. The number of unbranched alkanes of at least 4 members (excludes halogenated alkanes) is 3. The van der Waals surface area contributed by atoms with Crippen molar-refractivity contribution in [1.29, 1.82) is 0 Å². The van der Waals surface area contributed by atoms with Gasteiger partial charge in [0.1, 0.15) is 0 Å². The molecule has 3 heteroatoms. The van der Waals surface area contributed by atoms with E-state index in [1.54, 1.807) is 0 Å². The normalized spacial score (nSPS) is 10.1. The Balaban J connectivity index is 2.96. The molecule has 78 valence electrons. The second-order valence-electron chi connectivity index (χ2n) is 2.96. The molecule has 0 radical (unpaired) electrons. The fourth-order valence-corrected chi connectivity index (χ4v) is 1.88. The lowest BCUT2D eigenvalue weighted by molar-refractivity contribution is 0.416. The van der Waals surface area contributed by atoms with Crippen molar-refractivity contribution in [2.75, 3.05) is 11.5 Å². The van der Waals surface area contributed by atoms with E-state index in [0.29, 0.717) is 6.42 Å². The minimum atomic E-state index is -1.54. The number of allylic oxidation sites excluding steroid dienone is 1. The van der Waals surface area contributed by atoms with Crippen LogP contribution in [-0.2, 0) is 0 Å². The Hall–Kier alpha value is -0.0500. The Morgan fingerprint density at radius 2 is 1.92 bits per heavy atom. The van der Waals surface area contributed by atoms with Crippen molar-refractivity contribution in [1.82, 2.24) is 0 Å². The third-order valence-electron chi connectivity index (χ3n) is 1.64. The molecule has 0 bridgehead atoms. The van der Waals surface area contributed by atoms with Crippen molar-refractivity contribution >= 4 is 11.8 Å². The van der Waals surface area contributed by atoms with Crippen LogP contribution < -0.4 is 0 Å². The predicted octanol–water partition coefficient (Wildman–Crippen LogP) is 4.47. The van der Waals surface area contributed by atoms with Crippen LogP contribution in [0.5, 0.6) is 0 Å². The van der Waals surface area contributed by atoms with Crippen LogP contribution in [-0.4, -0.2) is 11.5 Å². The number of hydrogen-bond acceptors (Lipinski definition) is 1. The third kappa shape index (κ3) is 12.0. The highest BCUT2D eigenvalue weighted by Crippen LogP contribution is 2.10. The highest BCUT2D eigenvalue weighted by atomic mass is 32.2. The summed E-state index contributed by atoms with van der Waals surface area (Å²) in [6, 6.07) is 0. The molecule has 0 saturated heterocycles. The van der Waals surface area contributed by atoms with Gasteiger partial charge in [0.05, 0.1) is 0 Å². The molecule has 0 spiro atoms. The smallest absolute Gasteiger partial charge is 0.174 e. The molecule has 0 aliphatic carbocycles. The van der Waals surface area contributed by atoms with Gasteiger partial charge in [-0.15, -0.1) is 0 Å². The quantitative estimate of drug-likeness (QED) is 0.530. The van der Waals surface area contributed by atoms with Crippen LogP contribution in [0.3, 0.4) is 0 Å². The fraction of sp³-hybridized carbons (Fsp3) is 0.800. The van der Waals surface area contributed by atoms with E-state index in [-0.39, 0.29) is 0 Å². The number of hydrogen-bond donors (Lipinski definition) is 0. The van der Waals surface area contributed by atoms with E-state index in [0.717, 1.165) is 25.3 Å². The molecule has 0 N–H and O–H groups in total. The first-order chi connectivity index (χ1) is 6.27. The van der Waals surface area contributed by atoms with E-state index >= 15 is 0 Å². The van der Waals surface area contributed by atoms with Gasteiger partial charge < -0.3 is 0 Å². The second-order valence-corrected chi connectivity index (χ2v) is 4.18. The van der Waals surface area contributed by atoms with Crippen molar-refractivity contribution in [2.24, 2.45) is 0 Å². The van der Waals surface area contributed by atoms with Gasteiger partial charge in [-0.25, -0.2) is 0 Å². The summed E-state index contributed by atoms with van der Waals surface area (Å²) in [6.45, 7) is 2.17. The Morgan fingerprint density at radius 3 is 2.54 bits per heavy atom. The van der Waals surface area contributed by atoms with Crippen LogP contribution in [0.2, 0.25) is 0 Å². The summed E-state index contributed by atoms with van der Waals surface area (Å²) in [5.41, 5.74) is 0. The molecule has 0 aliphatic heterocycles. The minimum absolute atomic E-state index is 0.529. The lowest BCUT2D eigenvalue weighted by Crippen LogP contribution is -1.83. The average Bonchev–Trinajstić information content (AvgIpc) is 2.09. The maximum absolute atomic E-state index is 11.6. The van der Waals surface area contributed by atoms with E-state index in [9.17, 15) is 8.78 Å². The third-order valence-corrected chi connectivity index (χ3v) is 2.91. The Kier molecular flexibility index (Phi) is 10.00. The van der Waals surface area contributed by atoms with Crippen molar-refractivity contribution in [3.05, 3.63) is 12.2 Å². The molecular formula is C10H18F2S. The predicted molar refractivity (Wildman–Crippen MR) is 56.4 cm³/mol. The maximum atomic E-state index is 11.6. The summed E-state index contributed by atoms with van der Waals surface area (Å²) in [5, 5.41) is 0. The van der Waals surface area contributed by atoms with Crippen molar-refractivity contribution in [2.45, 2.75) is 39.0 Å². The largest absolute Gasteiger partial charge is 0.266 e. The number of rotatable bonds is 8. The lowest BCUT2D eigenvalue weighted by atomic mass is 10.2. The fourth-order valence-electron chi connectivity index (χ4n) is 0.983. The molecule has 0 aromatic heterocycles. The Labute approximate surface area is 83.8 Å². The molecule has 0 saturated carbocycles. The van der Waals surface area contributed by atoms with Gasteiger partial charge in [0.25, 0.3) is 6.08 Å². The van der Waals surface area contributed by atoms with Crippen molar-refractivity contribution in [3.8, 4) is 0 Å². The van der Waals surface area contributed by atoms with Gasteiger partial charge in [0, 0.05) is 0 Å². The van der Waals surface area contributed by atoms with Crippen LogP contribution in [0, 0.1) is 0 Å². The van der Waals surface area contributed by atoms with Gasteiger partial charge in [-0.3, -0.25) is 0 Å². The zero-order chi connectivity index (χ0) is 9.94. The molecule has 0 heterocycles. The molecular weight excluding hydrogens is 190 g/mol. The molecule has 0 aliphatic rings. The monoisotopic (exact) mass is 208 g/mol. The van der Waals surface area contributed by atoms with E-state index in [1.807, 2.05) is 11.8 Å². The Morgan fingerprint density at radius 1 is 1.15 bits per heavy atom. The first-order valence-electron chi connectivity index (χ1n) is 4.86. The van der Waals surface area contributed by atoms with E-state index in [4.69, 9.17) is 0 Å². The van der Waals surface area contributed by atoms with Crippen LogP contribution in [0.15, 0.2) is 12.2 Å². The van der Waals surface area contributed by atoms with Gasteiger partial charge >= 0.3 is 0 Å². The first kappa shape index (κ1) is 12.9. The average molecular weight is 208 g/mol. The molecule has 0 fully saturated rings. The first-order valence-corrected chi connectivity index (χ1v) is 6.01. The highest BCUT2D eigenvalue weighted by Gasteiger charge is 1.91. The van der Waals surface area contributed by atoms with Crippen LogP contribution >= 0.6 is 11.8 Å². The van der Waals surface area contributed by atoms with Gasteiger partial charge in [-0.05, 0) is 43.3 Å². The van der Waals surface area contributed by atoms with Gasteiger partial charge in [-0.1, -0.05) is 13.3 Å². The van der Waals surface area contributed by atoms with Crippen molar-refractivity contribution < 1.29 is 8.78 Å². The van der Waals surface area contributed by atoms with E-state index < -0.39 is 6.08 Å². The summed E-state index contributed by atoms with van der Waals surface area (Å²) < 4.78 is 23.1. The van der Waals surface area contributed by atoms with Gasteiger partial charge in [0.15, 0.2) is 0 Å². The van der Waals surface area contributed by atoms with E-state index in [1.165, 1.54) is 17.9 Å². The molecule has 0 amide bonds. The molecule has 13 heavy (non-hydrogen) atoms. The summed E-state index contributed by atoms with van der Waals surface area (Å²) in [4.78, 5) is 0. The standard InChI is InChI=1S/C10H18F2S/c1-2-8-13-9-6-4-3-5-7-10(11)12/h7H,2-6,8-9H2,1H3.